The van der Waals surface area contributed by atoms with Crippen LogP contribution in [0.3, 0.4) is 0 Å². The highest BCUT2D eigenvalue weighted by molar-refractivity contribution is 6.19. The summed E-state index contributed by atoms with van der Waals surface area (Å²) < 4.78 is 6.02. The molecule has 0 amide bonds. The van der Waals surface area contributed by atoms with Gasteiger partial charge in [-0.25, -0.2) is 4.79 Å². The van der Waals surface area contributed by atoms with E-state index in [1.807, 2.05) is 0 Å². The van der Waals surface area contributed by atoms with E-state index in [4.69, 9.17) is 11.6 Å². The van der Waals surface area contributed by atoms with Crippen LogP contribution in [-0.2, 0) is 11.8 Å². The van der Waals surface area contributed by atoms with Gasteiger partial charge >= 0.3 is 5.97 Å². The molecule has 0 spiro atoms. The molecular formula is C9H9ClN2O2. The maximum absolute atomic E-state index is 11.3. The number of aryl methyl sites for hydroxylation is 1. The zero-order valence-corrected chi connectivity index (χ0v) is 8.63. The van der Waals surface area contributed by atoms with Crippen LogP contribution in [0.25, 0.3) is 0 Å². The molecule has 1 aromatic heterocycles. The molecule has 1 heterocycles. The van der Waals surface area contributed by atoms with Crippen LogP contribution in [-0.4, -0.2) is 28.7 Å². The minimum atomic E-state index is -0.455. The third kappa shape index (κ3) is 2.06. The van der Waals surface area contributed by atoms with Crippen LogP contribution in [0.1, 0.15) is 16.1 Å². The largest absolute Gasteiger partial charge is 0.464 e. The number of rotatable bonds is 1. The predicted molar refractivity (Wildman–Crippen MR) is 52.1 cm³/mol. The summed E-state index contributed by atoms with van der Waals surface area (Å²) in [5, 5.41) is 3.91. The summed E-state index contributed by atoms with van der Waals surface area (Å²) >= 11 is 5.41. The van der Waals surface area contributed by atoms with Crippen LogP contribution in [0, 0.1) is 11.8 Å². The van der Waals surface area contributed by atoms with E-state index in [0.717, 1.165) is 0 Å². The van der Waals surface area contributed by atoms with E-state index in [9.17, 15) is 4.79 Å². The minimum Gasteiger partial charge on any atom is -0.464 e. The quantitative estimate of drug-likeness (QED) is 0.393. The fraction of sp³-hybridized carbons (Fsp3) is 0.333. The maximum atomic E-state index is 11.3. The Bertz CT molecular complexity index is 401. The van der Waals surface area contributed by atoms with Gasteiger partial charge in [0.25, 0.3) is 0 Å². The van der Waals surface area contributed by atoms with Gasteiger partial charge in [0.05, 0.1) is 24.8 Å². The number of carbonyl (C=O) groups excluding carboxylic acids is 1. The van der Waals surface area contributed by atoms with Crippen molar-refractivity contribution in [3.05, 3.63) is 17.5 Å². The highest BCUT2D eigenvalue weighted by atomic mass is 35.5. The van der Waals surface area contributed by atoms with Gasteiger partial charge in [-0.15, -0.1) is 11.6 Å². The molecule has 0 aliphatic rings. The summed E-state index contributed by atoms with van der Waals surface area (Å²) in [7, 11) is 2.96. The highest BCUT2D eigenvalue weighted by Gasteiger charge is 2.15. The number of methoxy groups -OCH3 is 1. The minimum absolute atomic E-state index is 0.218. The molecule has 0 radical (unpaired) electrons. The molecule has 5 heteroatoms. The highest BCUT2D eigenvalue weighted by Crippen LogP contribution is 2.06. The number of nitrogens with zero attached hydrogens (tertiary/aromatic N) is 2. The lowest BCUT2D eigenvalue weighted by atomic mass is 10.2. The van der Waals surface area contributed by atoms with Gasteiger partial charge in [0.2, 0.25) is 0 Å². The average Bonchev–Trinajstić information content (AvgIpc) is 2.55. The summed E-state index contributed by atoms with van der Waals surface area (Å²) in [6.07, 6.45) is 1.51. The first-order chi connectivity index (χ1) is 6.70. The first-order valence-corrected chi connectivity index (χ1v) is 4.39. The fourth-order valence-corrected chi connectivity index (χ4v) is 1.06. The predicted octanol–water partition coefficient (Wildman–Crippen LogP) is 0.797. The Labute approximate surface area is 86.8 Å². The van der Waals surface area contributed by atoms with Gasteiger partial charge in [-0.05, 0) is 0 Å². The summed E-state index contributed by atoms with van der Waals surface area (Å²) in [5.74, 6) is 5.15. The van der Waals surface area contributed by atoms with Crippen molar-refractivity contribution < 1.29 is 9.53 Å². The Balaban J connectivity index is 3.12. The Morgan fingerprint density at radius 3 is 3.07 bits per heavy atom. The van der Waals surface area contributed by atoms with Gasteiger partial charge < -0.3 is 4.74 Å². The molecule has 0 aliphatic carbocycles. The lowest BCUT2D eigenvalue weighted by molar-refractivity contribution is 0.0588. The second-order valence-electron chi connectivity index (χ2n) is 2.46. The van der Waals surface area contributed by atoms with Crippen LogP contribution in [0.5, 0.6) is 0 Å². The van der Waals surface area contributed by atoms with E-state index in [-0.39, 0.29) is 5.88 Å². The van der Waals surface area contributed by atoms with Crippen LogP contribution in [0.15, 0.2) is 6.20 Å². The third-order valence-corrected chi connectivity index (χ3v) is 1.74. The number of halogens is 1. The Kier molecular flexibility index (Phi) is 3.55. The first-order valence-electron chi connectivity index (χ1n) is 3.86. The number of alkyl halides is 1. The van der Waals surface area contributed by atoms with Crippen molar-refractivity contribution in [1.82, 2.24) is 9.78 Å². The molecule has 14 heavy (non-hydrogen) atoms. The van der Waals surface area contributed by atoms with E-state index in [2.05, 4.69) is 21.7 Å². The smallest absolute Gasteiger partial charge is 0.357 e. The summed E-state index contributed by atoms with van der Waals surface area (Å²) in [6, 6.07) is 0. The van der Waals surface area contributed by atoms with E-state index in [1.54, 1.807) is 7.05 Å². The first kappa shape index (κ1) is 10.6. The summed E-state index contributed by atoms with van der Waals surface area (Å²) in [4.78, 5) is 11.3. The fourth-order valence-electron chi connectivity index (χ4n) is 0.996. The molecule has 0 bridgehead atoms. The molecule has 4 nitrogen and oxygen atoms in total. The number of hydrogen-bond donors (Lipinski definition) is 0. The van der Waals surface area contributed by atoms with Gasteiger partial charge in [0.15, 0.2) is 5.69 Å². The number of carbonyl (C=O) groups is 1. The van der Waals surface area contributed by atoms with Crippen molar-refractivity contribution in [2.45, 2.75) is 0 Å². The standard InChI is InChI=1S/C9H9ClN2O2/c1-12-8(9(13)14-2)7(6-11-12)4-3-5-10/h6H,5H2,1-2H3. The molecule has 0 unspecified atom stereocenters. The van der Waals surface area contributed by atoms with Crippen molar-refractivity contribution in [2.75, 3.05) is 13.0 Å². The topological polar surface area (TPSA) is 44.1 Å². The van der Waals surface area contributed by atoms with Gasteiger partial charge in [-0.1, -0.05) is 11.8 Å². The van der Waals surface area contributed by atoms with Crippen molar-refractivity contribution in [3.63, 3.8) is 0 Å². The molecule has 0 aromatic carbocycles. The Morgan fingerprint density at radius 1 is 1.79 bits per heavy atom. The van der Waals surface area contributed by atoms with E-state index < -0.39 is 5.97 Å². The van der Waals surface area contributed by atoms with Gasteiger partial charge in [0, 0.05) is 7.05 Å². The SMILES string of the molecule is COC(=O)c1c(C#CCCl)cnn1C. The monoisotopic (exact) mass is 212 g/mol. The molecule has 0 atom stereocenters. The Hall–Kier alpha value is -1.47. The molecule has 0 N–H and O–H groups in total. The number of hydrogen-bond acceptors (Lipinski definition) is 3. The number of aromatic nitrogens is 2. The van der Waals surface area contributed by atoms with Gasteiger partial charge in [-0.2, -0.15) is 5.10 Å². The van der Waals surface area contributed by atoms with E-state index >= 15 is 0 Å². The molecule has 0 aliphatic heterocycles. The maximum Gasteiger partial charge on any atom is 0.357 e. The van der Waals surface area contributed by atoms with Crippen molar-refractivity contribution >= 4 is 17.6 Å². The van der Waals surface area contributed by atoms with Crippen LogP contribution < -0.4 is 0 Å². The molecular weight excluding hydrogens is 204 g/mol. The zero-order chi connectivity index (χ0) is 10.6. The molecule has 0 saturated heterocycles. The number of ether oxygens (including phenoxy) is 1. The second kappa shape index (κ2) is 4.68. The third-order valence-electron chi connectivity index (χ3n) is 1.61. The van der Waals surface area contributed by atoms with Crippen LogP contribution in [0.4, 0.5) is 0 Å². The molecule has 0 fully saturated rings. The second-order valence-corrected chi connectivity index (χ2v) is 2.72. The van der Waals surface area contributed by atoms with E-state index in [1.165, 1.54) is 18.0 Å². The normalized spacial score (nSPS) is 9.07. The Morgan fingerprint density at radius 2 is 2.50 bits per heavy atom. The van der Waals surface area contributed by atoms with Crippen molar-refractivity contribution in [2.24, 2.45) is 7.05 Å². The molecule has 1 aromatic rings. The van der Waals surface area contributed by atoms with Crippen LogP contribution >= 0.6 is 11.6 Å². The van der Waals surface area contributed by atoms with Gasteiger partial charge in [-0.3, -0.25) is 4.68 Å². The summed E-state index contributed by atoms with van der Waals surface area (Å²) in [6.45, 7) is 0. The molecule has 74 valence electrons. The van der Waals surface area contributed by atoms with E-state index in [0.29, 0.717) is 11.3 Å². The molecule has 1 rings (SSSR count). The number of esters is 1. The zero-order valence-electron chi connectivity index (χ0n) is 7.87. The molecule has 0 saturated carbocycles. The average molecular weight is 213 g/mol. The lowest BCUT2D eigenvalue weighted by Crippen LogP contribution is -2.09. The lowest BCUT2D eigenvalue weighted by Gasteiger charge is -1.99. The van der Waals surface area contributed by atoms with Crippen molar-refractivity contribution in [1.29, 1.82) is 0 Å². The summed E-state index contributed by atoms with van der Waals surface area (Å²) in [5.41, 5.74) is 0.866. The van der Waals surface area contributed by atoms with Gasteiger partial charge in [0.1, 0.15) is 0 Å². The van der Waals surface area contributed by atoms with Crippen LogP contribution in [0.2, 0.25) is 0 Å². The van der Waals surface area contributed by atoms with Crippen molar-refractivity contribution in [3.8, 4) is 11.8 Å².